The van der Waals surface area contributed by atoms with Gasteiger partial charge in [0, 0.05) is 12.8 Å². The Kier molecular flexibility index (Phi) is 57.6. The number of allylic oxidation sites excluding steroid dienone is 7. The maximum absolute atomic E-state index is 13.6. The number of hydrogen-bond acceptors (Lipinski definition) is 7. The van der Waals surface area contributed by atoms with E-state index in [0.29, 0.717) is 17.4 Å². The highest BCUT2D eigenvalue weighted by Crippen LogP contribution is 2.38. The number of nitrogens with one attached hydrogen (secondary N) is 1. The number of ether oxygens (including phenoxy) is 1. The fraction of sp³-hybridized carbons (Fsp3) is 0.855. The molecule has 3 atom stereocenters. The van der Waals surface area contributed by atoms with Crippen molar-refractivity contribution in [3.8, 4) is 0 Å². The Bertz CT molecular complexity index is 1490. The van der Waals surface area contributed by atoms with Gasteiger partial charge in [0.05, 0.1) is 33.8 Å². The first-order chi connectivity index (χ1) is 38.4. The Morgan fingerprint density at radius 1 is 0.443 bits per heavy atom. The zero-order chi connectivity index (χ0) is 57.9. The Balaban J connectivity index is 5.15. The first kappa shape index (κ1) is 77.0. The highest BCUT2D eigenvalue weighted by Gasteiger charge is 2.27. The number of unbranched alkanes of at least 4 members (excludes halogenated alkanes) is 40. The quantitative estimate of drug-likeness (QED) is 0.0212. The van der Waals surface area contributed by atoms with Gasteiger partial charge in [-0.2, -0.15) is 0 Å². The number of amides is 1. The number of nitrogens with zero attached hydrogens (tertiary/aromatic N) is 1. The molecule has 0 bridgehead atoms. The van der Waals surface area contributed by atoms with Crippen LogP contribution in [0.1, 0.15) is 329 Å². The molecule has 9 nitrogen and oxygen atoms in total. The normalized spacial score (nSPS) is 13.9. The van der Waals surface area contributed by atoms with Crippen LogP contribution >= 0.6 is 7.82 Å². The second-order valence-electron chi connectivity index (χ2n) is 24.3. The summed E-state index contributed by atoms with van der Waals surface area (Å²) < 4.78 is 30.4. The maximum Gasteiger partial charge on any atom is 0.306 e. The molecule has 0 spiro atoms. The Hall–Kier alpha value is -2.03. The van der Waals surface area contributed by atoms with Crippen molar-refractivity contribution in [2.24, 2.45) is 0 Å². The molecule has 1 amide bonds. The number of carbonyl (C=O) groups excluding carboxylic acids is 2. The number of hydrogen-bond donors (Lipinski definition) is 1. The standard InChI is InChI=1S/C69H131N2O7P/c1-7-10-13-16-19-22-25-28-30-32-33-34-35-36-37-39-40-43-46-49-52-55-58-61-68(72)70-66(65-77-79(74,75)76-64-63-71(4,5)6)67(60-57-54-51-48-45-42-27-24-21-18-15-12-9-3)78-69(73)62-59-56-53-50-47-44-41-38-31-29-26-23-20-17-14-11-8-2/h19,22,28-31,57,60,66-67H,7-18,20-21,23-27,32-56,58-59,61-65H2,1-6H3,(H-,70,72,74,75)/b22-19-,30-28-,31-29+,60-57-. The van der Waals surface area contributed by atoms with Crippen molar-refractivity contribution in [3.05, 3.63) is 48.6 Å². The second-order valence-corrected chi connectivity index (χ2v) is 25.7. The van der Waals surface area contributed by atoms with Crippen molar-refractivity contribution >= 4 is 19.7 Å². The van der Waals surface area contributed by atoms with Crippen LogP contribution in [0.15, 0.2) is 48.6 Å². The lowest BCUT2D eigenvalue weighted by atomic mass is 10.0. The van der Waals surface area contributed by atoms with Gasteiger partial charge in [0.25, 0.3) is 7.82 Å². The molecule has 0 aliphatic heterocycles. The van der Waals surface area contributed by atoms with Gasteiger partial charge in [0.1, 0.15) is 19.3 Å². The average Bonchev–Trinajstić information content (AvgIpc) is 3.41. The van der Waals surface area contributed by atoms with Crippen LogP contribution in [-0.2, 0) is 27.9 Å². The van der Waals surface area contributed by atoms with E-state index in [4.69, 9.17) is 13.8 Å². The van der Waals surface area contributed by atoms with E-state index in [1.54, 1.807) is 0 Å². The number of quaternary nitrogens is 1. The summed E-state index contributed by atoms with van der Waals surface area (Å²) in [6.45, 7) is 6.85. The lowest BCUT2D eigenvalue weighted by Crippen LogP contribution is -2.47. The SMILES string of the molecule is CCCCC/C=C\C/C=C\CCCCCCCCCCCCCCCC(=O)NC(COP(=O)([O-])OCC[N+](C)(C)C)C(/C=C\CCCCCCCCCCCCC)OC(=O)CCCCCCCCC/C=C/CCCCCCCC. The number of carbonyl (C=O) groups is 2. The third-order valence-corrected chi connectivity index (χ3v) is 16.2. The largest absolute Gasteiger partial charge is 0.756 e. The van der Waals surface area contributed by atoms with Gasteiger partial charge >= 0.3 is 5.97 Å². The summed E-state index contributed by atoms with van der Waals surface area (Å²) in [6, 6.07) is -0.890. The lowest BCUT2D eigenvalue weighted by Gasteiger charge is -2.30. The summed E-state index contributed by atoms with van der Waals surface area (Å²) in [7, 11) is 1.19. The van der Waals surface area contributed by atoms with Crippen LogP contribution in [0, 0.1) is 0 Å². The Labute approximate surface area is 490 Å². The van der Waals surface area contributed by atoms with Gasteiger partial charge < -0.3 is 28.5 Å². The number of phosphoric ester groups is 1. The molecule has 0 aromatic rings. The van der Waals surface area contributed by atoms with Gasteiger partial charge in [0.2, 0.25) is 5.91 Å². The van der Waals surface area contributed by atoms with E-state index in [-0.39, 0.29) is 31.5 Å². The van der Waals surface area contributed by atoms with Crippen LogP contribution in [0.2, 0.25) is 0 Å². The second kappa shape index (κ2) is 59.1. The molecule has 0 aromatic heterocycles. The number of phosphoric acid groups is 1. The van der Waals surface area contributed by atoms with E-state index in [0.717, 1.165) is 77.0 Å². The molecule has 0 saturated carbocycles. The first-order valence-electron chi connectivity index (χ1n) is 33.9. The monoisotopic (exact) mass is 1130 g/mol. The fourth-order valence-corrected chi connectivity index (χ4v) is 10.7. The molecule has 1 N–H and O–H groups in total. The molecule has 0 aromatic carbocycles. The van der Waals surface area contributed by atoms with Crippen LogP contribution in [0.25, 0.3) is 0 Å². The van der Waals surface area contributed by atoms with Crippen LogP contribution in [0.3, 0.4) is 0 Å². The third-order valence-electron chi connectivity index (χ3n) is 15.2. The van der Waals surface area contributed by atoms with Gasteiger partial charge in [-0.15, -0.1) is 0 Å². The smallest absolute Gasteiger partial charge is 0.306 e. The summed E-state index contributed by atoms with van der Waals surface area (Å²) >= 11 is 0. The molecule has 0 aliphatic carbocycles. The molecule has 0 saturated heterocycles. The number of likely N-dealkylation sites (N-methyl/N-ethyl adjacent to an activating group) is 1. The minimum atomic E-state index is -4.70. The molecule has 79 heavy (non-hydrogen) atoms. The van der Waals surface area contributed by atoms with Gasteiger partial charge in [-0.25, -0.2) is 0 Å². The van der Waals surface area contributed by atoms with E-state index in [9.17, 15) is 19.0 Å². The predicted molar refractivity (Wildman–Crippen MR) is 339 cm³/mol. The molecule has 0 fully saturated rings. The minimum Gasteiger partial charge on any atom is -0.756 e. The zero-order valence-electron chi connectivity index (χ0n) is 53.1. The maximum atomic E-state index is 13.6. The summed E-state index contributed by atoms with van der Waals surface area (Å²) in [5, 5.41) is 3.04. The fourth-order valence-electron chi connectivity index (χ4n) is 9.96. The predicted octanol–water partition coefficient (Wildman–Crippen LogP) is 20.6. The molecule has 0 heterocycles. The topological polar surface area (TPSA) is 114 Å². The van der Waals surface area contributed by atoms with Crippen molar-refractivity contribution < 1.29 is 37.3 Å². The van der Waals surface area contributed by atoms with Gasteiger partial charge in [0.15, 0.2) is 0 Å². The summed E-state index contributed by atoms with van der Waals surface area (Å²) in [6.07, 6.45) is 73.6. The molecular formula is C69H131N2O7P. The van der Waals surface area contributed by atoms with Gasteiger partial charge in [-0.05, 0) is 89.5 Å². The Morgan fingerprint density at radius 3 is 1.18 bits per heavy atom. The van der Waals surface area contributed by atoms with Crippen LogP contribution in [0.5, 0.6) is 0 Å². The molecule has 10 heteroatoms. The van der Waals surface area contributed by atoms with E-state index >= 15 is 0 Å². The summed E-state index contributed by atoms with van der Waals surface area (Å²) in [5.74, 6) is -0.534. The van der Waals surface area contributed by atoms with Crippen molar-refractivity contribution in [1.82, 2.24) is 5.32 Å². The molecule has 0 aliphatic rings. The van der Waals surface area contributed by atoms with Crippen LogP contribution in [-0.4, -0.2) is 69.4 Å². The van der Waals surface area contributed by atoms with Gasteiger partial charge in [-0.1, -0.05) is 275 Å². The summed E-state index contributed by atoms with van der Waals surface area (Å²) in [5.41, 5.74) is 0. The Morgan fingerprint density at radius 2 is 0.772 bits per heavy atom. The van der Waals surface area contributed by atoms with Crippen LogP contribution in [0.4, 0.5) is 0 Å². The third kappa shape index (κ3) is 60.4. The summed E-state index contributed by atoms with van der Waals surface area (Å²) in [4.78, 5) is 40.1. The number of esters is 1. The van der Waals surface area contributed by atoms with Crippen molar-refractivity contribution in [1.29, 1.82) is 0 Å². The van der Waals surface area contributed by atoms with Crippen molar-refractivity contribution in [3.63, 3.8) is 0 Å². The molecule has 3 unspecified atom stereocenters. The average molecular weight is 1130 g/mol. The van der Waals surface area contributed by atoms with E-state index < -0.39 is 20.0 Å². The molecule has 464 valence electrons. The minimum absolute atomic E-state index is 0.0220. The number of rotatable bonds is 62. The van der Waals surface area contributed by atoms with Crippen LogP contribution < -0.4 is 10.2 Å². The van der Waals surface area contributed by atoms with E-state index in [1.165, 1.54) is 218 Å². The highest BCUT2D eigenvalue weighted by molar-refractivity contribution is 7.45. The first-order valence-corrected chi connectivity index (χ1v) is 35.4. The lowest BCUT2D eigenvalue weighted by molar-refractivity contribution is -0.870. The van der Waals surface area contributed by atoms with E-state index in [2.05, 4.69) is 62.5 Å². The molecule has 0 rings (SSSR count). The van der Waals surface area contributed by atoms with Crippen molar-refractivity contribution in [2.75, 3.05) is 40.9 Å². The zero-order valence-corrected chi connectivity index (χ0v) is 54.0. The van der Waals surface area contributed by atoms with E-state index in [1.807, 2.05) is 33.3 Å². The molecular weight excluding hydrogens is 1000 g/mol. The molecule has 0 radical (unpaired) electrons. The van der Waals surface area contributed by atoms with Gasteiger partial charge in [-0.3, -0.25) is 14.2 Å². The van der Waals surface area contributed by atoms with Crippen molar-refractivity contribution in [2.45, 2.75) is 341 Å². The highest BCUT2D eigenvalue weighted by atomic mass is 31.2.